The van der Waals surface area contributed by atoms with E-state index in [0.29, 0.717) is 5.02 Å². The number of benzene rings is 1. The standard InChI is InChI=1S/C20H23ClFN5/c1-23-20(26-18-11-15(18)14-5-2-3-7-17(14)22)25-13-8-10-27(12-13)19-16(21)6-4-9-24-19/h2-7,9,13,15,18H,8,10-12H2,1H3,(H2,23,25,26). The van der Waals surface area contributed by atoms with Gasteiger partial charge in [0.05, 0.1) is 5.02 Å². The minimum atomic E-state index is -0.131. The molecule has 3 atom stereocenters. The highest BCUT2D eigenvalue weighted by molar-refractivity contribution is 6.32. The molecular formula is C20H23ClFN5. The Morgan fingerprint density at radius 1 is 1.26 bits per heavy atom. The van der Waals surface area contributed by atoms with Crippen LogP contribution in [0.25, 0.3) is 0 Å². The molecule has 1 aliphatic heterocycles. The predicted octanol–water partition coefficient (Wildman–Crippen LogP) is 3.17. The molecule has 27 heavy (non-hydrogen) atoms. The molecule has 1 saturated heterocycles. The van der Waals surface area contributed by atoms with Gasteiger partial charge >= 0.3 is 0 Å². The number of rotatable bonds is 4. The molecule has 5 nitrogen and oxygen atoms in total. The largest absolute Gasteiger partial charge is 0.353 e. The van der Waals surface area contributed by atoms with Crippen LogP contribution in [0.5, 0.6) is 0 Å². The summed E-state index contributed by atoms with van der Waals surface area (Å²) in [6.07, 6.45) is 3.66. The van der Waals surface area contributed by atoms with Gasteiger partial charge in [-0.3, -0.25) is 4.99 Å². The Kier molecular flexibility index (Phi) is 5.16. The molecular weight excluding hydrogens is 365 g/mol. The van der Waals surface area contributed by atoms with Crippen LogP contribution >= 0.6 is 11.6 Å². The molecule has 1 aliphatic carbocycles. The van der Waals surface area contributed by atoms with Crippen molar-refractivity contribution < 1.29 is 4.39 Å². The third kappa shape index (κ3) is 4.00. The third-order valence-electron chi connectivity index (χ3n) is 5.21. The number of nitrogens with one attached hydrogen (secondary N) is 2. The second-order valence-electron chi connectivity index (χ2n) is 7.07. The summed E-state index contributed by atoms with van der Waals surface area (Å²) >= 11 is 6.26. The Labute approximate surface area is 163 Å². The van der Waals surface area contributed by atoms with E-state index in [1.807, 2.05) is 24.3 Å². The molecule has 7 heteroatoms. The number of anilines is 1. The van der Waals surface area contributed by atoms with Crippen LogP contribution in [-0.4, -0.2) is 43.2 Å². The highest BCUT2D eigenvalue weighted by Gasteiger charge is 2.40. The SMILES string of the molecule is CN=C(NC1CCN(c2ncccc2Cl)C1)NC1CC1c1ccccc1F. The first-order chi connectivity index (χ1) is 13.2. The summed E-state index contributed by atoms with van der Waals surface area (Å²) in [5, 5.41) is 7.57. The van der Waals surface area contributed by atoms with Gasteiger partial charge in [-0.05, 0) is 36.6 Å². The molecule has 4 rings (SSSR count). The molecule has 0 amide bonds. The first-order valence-electron chi connectivity index (χ1n) is 9.25. The molecule has 1 aromatic carbocycles. The van der Waals surface area contributed by atoms with Crippen LogP contribution in [0.3, 0.4) is 0 Å². The van der Waals surface area contributed by atoms with E-state index in [9.17, 15) is 4.39 Å². The summed E-state index contributed by atoms with van der Waals surface area (Å²) in [5.74, 6) is 1.66. The van der Waals surface area contributed by atoms with E-state index in [0.717, 1.165) is 43.3 Å². The van der Waals surface area contributed by atoms with Gasteiger partial charge < -0.3 is 15.5 Å². The molecule has 2 fully saturated rings. The van der Waals surface area contributed by atoms with Crippen LogP contribution in [0.15, 0.2) is 47.6 Å². The third-order valence-corrected chi connectivity index (χ3v) is 5.50. The van der Waals surface area contributed by atoms with E-state index < -0.39 is 0 Å². The Bertz CT molecular complexity index is 843. The predicted molar refractivity (Wildman–Crippen MR) is 107 cm³/mol. The van der Waals surface area contributed by atoms with Gasteiger partial charge in [0.1, 0.15) is 11.6 Å². The van der Waals surface area contributed by atoms with Gasteiger partial charge in [0.15, 0.2) is 5.96 Å². The van der Waals surface area contributed by atoms with Crippen molar-refractivity contribution in [2.45, 2.75) is 30.8 Å². The fourth-order valence-corrected chi connectivity index (χ4v) is 3.94. The summed E-state index contributed by atoms with van der Waals surface area (Å²) in [6, 6.07) is 11.2. The lowest BCUT2D eigenvalue weighted by atomic mass is 10.1. The number of pyridine rings is 1. The van der Waals surface area contributed by atoms with Crippen LogP contribution in [-0.2, 0) is 0 Å². The van der Waals surface area contributed by atoms with Gasteiger partial charge in [-0.2, -0.15) is 0 Å². The van der Waals surface area contributed by atoms with Crippen molar-refractivity contribution in [3.63, 3.8) is 0 Å². The van der Waals surface area contributed by atoms with Crippen LogP contribution in [0.1, 0.15) is 24.3 Å². The molecule has 0 bridgehead atoms. The molecule has 2 aromatic rings. The fraction of sp³-hybridized carbons (Fsp3) is 0.400. The number of hydrogen-bond acceptors (Lipinski definition) is 3. The zero-order chi connectivity index (χ0) is 18.8. The molecule has 0 spiro atoms. The van der Waals surface area contributed by atoms with Crippen molar-refractivity contribution in [1.29, 1.82) is 0 Å². The van der Waals surface area contributed by atoms with Crippen molar-refractivity contribution in [2.24, 2.45) is 4.99 Å². The molecule has 1 saturated carbocycles. The number of aromatic nitrogens is 1. The second-order valence-corrected chi connectivity index (χ2v) is 7.48. The minimum Gasteiger partial charge on any atom is -0.353 e. The molecule has 0 radical (unpaired) electrons. The van der Waals surface area contributed by atoms with Gasteiger partial charge in [0.25, 0.3) is 0 Å². The van der Waals surface area contributed by atoms with E-state index >= 15 is 0 Å². The van der Waals surface area contributed by atoms with Crippen molar-refractivity contribution in [3.8, 4) is 0 Å². The molecule has 2 aliphatic rings. The lowest BCUT2D eigenvalue weighted by Crippen LogP contribution is -2.45. The van der Waals surface area contributed by atoms with Gasteiger partial charge in [0.2, 0.25) is 0 Å². The highest BCUT2D eigenvalue weighted by Crippen LogP contribution is 2.41. The average Bonchev–Trinajstić information content (AvgIpc) is 3.28. The molecule has 142 valence electrons. The maximum absolute atomic E-state index is 13.9. The number of nitrogens with zero attached hydrogens (tertiary/aromatic N) is 3. The topological polar surface area (TPSA) is 52.6 Å². The second kappa shape index (κ2) is 7.72. The van der Waals surface area contributed by atoms with Crippen molar-refractivity contribution in [1.82, 2.24) is 15.6 Å². The number of guanidine groups is 1. The van der Waals surface area contributed by atoms with E-state index in [2.05, 4.69) is 25.5 Å². The zero-order valence-electron chi connectivity index (χ0n) is 15.2. The van der Waals surface area contributed by atoms with Crippen LogP contribution in [0, 0.1) is 5.82 Å². The summed E-state index contributed by atoms with van der Waals surface area (Å²) in [7, 11) is 1.76. The molecule has 3 unspecified atom stereocenters. The smallest absolute Gasteiger partial charge is 0.191 e. The van der Waals surface area contributed by atoms with E-state index in [1.165, 1.54) is 6.07 Å². The number of halogens is 2. The first kappa shape index (κ1) is 18.0. The van der Waals surface area contributed by atoms with Crippen LogP contribution < -0.4 is 15.5 Å². The molecule has 2 heterocycles. The van der Waals surface area contributed by atoms with E-state index in [1.54, 1.807) is 19.3 Å². The number of hydrogen-bond donors (Lipinski definition) is 2. The summed E-state index contributed by atoms with van der Waals surface area (Å²) in [4.78, 5) is 10.9. The lowest BCUT2D eigenvalue weighted by molar-refractivity contribution is 0.606. The zero-order valence-corrected chi connectivity index (χ0v) is 16.0. The Hall–Kier alpha value is -2.34. The molecule has 2 N–H and O–H groups in total. The monoisotopic (exact) mass is 387 g/mol. The summed E-state index contributed by atoms with van der Waals surface area (Å²) in [5.41, 5.74) is 0.780. The quantitative estimate of drug-likeness (QED) is 0.625. The van der Waals surface area contributed by atoms with Gasteiger partial charge in [0, 0.05) is 44.3 Å². The Morgan fingerprint density at radius 3 is 2.89 bits per heavy atom. The maximum atomic E-state index is 13.9. The van der Waals surface area contributed by atoms with Crippen molar-refractivity contribution in [3.05, 3.63) is 59.0 Å². The summed E-state index contributed by atoms with van der Waals surface area (Å²) < 4.78 is 13.9. The van der Waals surface area contributed by atoms with E-state index in [-0.39, 0.29) is 23.8 Å². The normalized spacial score (nSPS) is 24.8. The van der Waals surface area contributed by atoms with Crippen LogP contribution in [0.4, 0.5) is 10.2 Å². The number of aliphatic imine (C=N–C) groups is 1. The van der Waals surface area contributed by atoms with Gasteiger partial charge in [-0.15, -0.1) is 0 Å². The van der Waals surface area contributed by atoms with Crippen LogP contribution in [0.2, 0.25) is 5.02 Å². The van der Waals surface area contributed by atoms with Gasteiger partial charge in [-0.25, -0.2) is 9.37 Å². The Balaban J connectivity index is 1.32. The maximum Gasteiger partial charge on any atom is 0.191 e. The van der Waals surface area contributed by atoms with Gasteiger partial charge in [-0.1, -0.05) is 29.8 Å². The van der Waals surface area contributed by atoms with Crippen molar-refractivity contribution in [2.75, 3.05) is 25.0 Å². The highest BCUT2D eigenvalue weighted by atomic mass is 35.5. The minimum absolute atomic E-state index is 0.131. The molecule has 1 aromatic heterocycles. The Morgan fingerprint density at radius 2 is 2.11 bits per heavy atom. The first-order valence-corrected chi connectivity index (χ1v) is 9.63. The van der Waals surface area contributed by atoms with E-state index in [4.69, 9.17) is 11.6 Å². The fourth-order valence-electron chi connectivity index (χ4n) is 3.69. The average molecular weight is 388 g/mol. The summed E-state index contributed by atoms with van der Waals surface area (Å²) in [6.45, 7) is 1.71. The lowest BCUT2D eigenvalue weighted by Gasteiger charge is -2.20. The van der Waals surface area contributed by atoms with Crippen molar-refractivity contribution >= 4 is 23.4 Å².